The van der Waals surface area contributed by atoms with Crippen molar-refractivity contribution in [1.82, 2.24) is 10.6 Å². The highest BCUT2D eigenvalue weighted by Crippen LogP contribution is 2.58. The standard InChI is InChI=1S/C18H22N2O2.ClH/c1-12(16-10-13-4-2-3-5-15(13)22-16)20-17(21)14-11-18(14)6-8-19-9-7-18;/h2-5,10,12,14,19H,6-9,11H2,1H3,(H,20,21);1H. The Bertz CT molecular complexity index is 673. The quantitative estimate of drug-likeness (QED) is 0.904. The number of piperidine rings is 1. The highest BCUT2D eigenvalue weighted by molar-refractivity contribution is 5.85. The van der Waals surface area contributed by atoms with Gasteiger partial charge >= 0.3 is 0 Å². The summed E-state index contributed by atoms with van der Waals surface area (Å²) in [5.74, 6) is 1.21. The van der Waals surface area contributed by atoms with Gasteiger partial charge in [-0.2, -0.15) is 0 Å². The van der Waals surface area contributed by atoms with Crippen LogP contribution < -0.4 is 10.6 Å². The van der Waals surface area contributed by atoms with E-state index < -0.39 is 0 Å². The van der Waals surface area contributed by atoms with Gasteiger partial charge in [-0.3, -0.25) is 4.79 Å². The number of hydrogen-bond donors (Lipinski definition) is 2. The zero-order chi connectivity index (χ0) is 15.2. The molecule has 0 radical (unpaired) electrons. The highest BCUT2D eigenvalue weighted by atomic mass is 35.5. The smallest absolute Gasteiger partial charge is 0.224 e. The Labute approximate surface area is 142 Å². The highest BCUT2D eigenvalue weighted by Gasteiger charge is 2.57. The van der Waals surface area contributed by atoms with Crippen LogP contribution in [-0.4, -0.2) is 19.0 Å². The summed E-state index contributed by atoms with van der Waals surface area (Å²) in [6.07, 6.45) is 3.31. The molecule has 1 aliphatic heterocycles. The number of halogens is 1. The number of carbonyl (C=O) groups excluding carboxylic acids is 1. The Hall–Kier alpha value is -1.52. The molecule has 1 aliphatic carbocycles. The van der Waals surface area contributed by atoms with Gasteiger partial charge in [-0.15, -0.1) is 12.4 Å². The average Bonchev–Trinajstić information content (AvgIpc) is 3.05. The minimum absolute atomic E-state index is 0. The molecule has 4 rings (SSSR count). The molecule has 124 valence electrons. The van der Waals surface area contributed by atoms with Crippen LogP contribution in [0.4, 0.5) is 0 Å². The third kappa shape index (κ3) is 2.98. The third-order valence-corrected chi connectivity index (χ3v) is 5.34. The number of carbonyl (C=O) groups is 1. The molecule has 5 heteroatoms. The van der Waals surface area contributed by atoms with Crippen molar-refractivity contribution >= 4 is 29.3 Å². The summed E-state index contributed by atoms with van der Waals surface area (Å²) in [5, 5.41) is 7.60. The lowest BCUT2D eigenvalue weighted by Crippen LogP contribution is -2.34. The van der Waals surface area contributed by atoms with Crippen LogP contribution in [0.3, 0.4) is 0 Å². The molecular weight excluding hydrogens is 312 g/mol. The van der Waals surface area contributed by atoms with Gasteiger partial charge in [0.2, 0.25) is 5.91 Å². The molecule has 2 atom stereocenters. The van der Waals surface area contributed by atoms with Crippen LogP contribution in [0.15, 0.2) is 34.7 Å². The lowest BCUT2D eigenvalue weighted by Gasteiger charge is -2.23. The van der Waals surface area contributed by atoms with Crippen LogP contribution in [0.1, 0.15) is 38.0 Å². The molecule has 1 aromatic heterocycles. The Morgan fingerprint density at radius 2 is 2.09 bits per heavy atom. The fourth-order valence-electron chi connectivity index (χ4n) is 3.80. The van der Waals surface area contributed by atoms with Gasteiger partial charge in [-0.05, 0) is 56.8 Å². The summed E-state index contributed by atoms with van der Waals surface area (Å²) in [6.45, 7) is 4.08. The minimum Gasteiger partial charge on any atom is -0.459 e. The molecule has 0 bridgehead atoms. The Kier molecular flexibility index (Phi) is 4.39. The van der Waals surface area contributed by atoms with E-state index >= 15 is 0 Å². The van der Waals surface area contributed by atoms with Gasteiger partial charge in [0.05, 0.1) is 6.04 Å². The van der Waals surface area contributed by atoms with E-state index in [0.29, 0.717) is 0 Å². The predicted molar refractivity (Wildman–Crippen MR) is 92.7 cm³/mol. The fraction of sp³-hybridized carbons (Fsp3) is 0.500. The number of nitrogens with one attached hydrogen (secondary N) is 2. The van der Waals surface area contributed by atoms with Gasteiger partial charge in [0.15, 0.2) is 0 Å². The van der Waals surface area contributed by atoms with Gasteiger partial charge in [-0.1, -0.05) is 18.2 Å². The molecule has 4 nitrogen and oxygen atoms in total. The molecular formula is C18H23ClN2O2. The number of para-hydroxylation sites is 1. The molecule has 1 aromatic carbocycles. The zero-order valence-corrected chi connectivity index (χ0v) is 14.1. The Balaban J connectivity index is 0.00000156. The zero-order valence-electron chi connectivity index (χ0n) is 13.3. The van der Waals surface area contributed by atoms with Gasteiger partial charge < -0.3 is 15.1 Å². The monoisotopic (exact) mass is 334 g/mol. The van der Waals surface area contributed by atoms with Crippen LogP contribution in [-0.2, 0) is 4.79 Å². The molecule has 1 spiro atoms. The number of amides is 1. The first kappa shape index (κ1) is 16.3. The summed E-state index contributed by atoms with van der Waals surface area (Å²) < 4.78 is 5.84. The van der Waals surface area contributed by atoms with Gasteiger partial charge in [0.25, 0.3) is 0 Å². The van der Waals surface area contributed by atoms with E-state index in [9.17, 15) is 4.79 Å². The number of fused-ring (bicyclic) bond motifs is 1. The maximum Gasteiger partial charge on any atom is 0.224 e. The molecule has 1 saturated heterocycles. The lowest BCUT2D eigenvalue weighted by atomic mass is 9.91. The molecule has 2 heterocycles. The first-order chi connectivity index (χ1) is 10.7. The SMILES string of the molecule is CC(NC(=O)C1CC12CCNCC2)c1cc2ccccc2o1.Cl. The minimum atomic E-state index is -0.0840. The van der Waals surface area contributed by atoms with Crippen molar-refractivity contribution in [2.45, 2.75) is 32.2 Å². The third-order valence-electron chi connectivity index (χ3n) is 5.34. The Morgan fingerprint density at radius 1 is 1.35 bits per heavy atom. The van der Waals surface area contributed by atoms with Crippen molar-refractivity contribution in [3.8, 4) is 0 Å². The molecule has 2 aliphatic rings. The Morgan fingerprint density at radius 3 is 2.83 bits per heavy atom. The molecule has 1 amide bonds. The van der Waals surface area contributed by atoms with Crippen LogP contribution >= 0.6 is 12.4 Å². The van der Waals surface area contributed by atoms with Crippen LogP contribution in [0.25, 0.3) is 11.0 Å². The van der Waals surface area contributed by atoms with Gasteiger partial charge in [-0.25, -0.2) is 0 Å². The summed E-state index contributed by atoms with van der Waals surface area (Å²) in [5.41, 5.74) is 1.16. The second kappa shape index (κ2) is 6.17. The van der Waals surface area contributed by atoms with E-state index in [4.69, 9.17) is 4.42 Å². The van der Waals surface area contributed by atoms with E-state index in [-0.39, 0.29) is 35.7 Å². The molecule has 2 aromatic rings. The fourth-order valence-corrected chi connectivity index (χ4v) is 3.80. The van der Waals surface area contributed by atoms with Crippen molar-refractivity contribution in [3.63, 3.8) is 0 Å². The van der Waals surface area contributed by atoms with Crippen LogP contribution in [0, 0.1) is 11.3 Å². The average molecular weight is 335 g/mol. The summed E-state index contributed by atoms with van der Waals surface area (Å²) in [6, 6.07) is 9.88. The molecule has 1 saturated carbocycles. The van der Waals surface area contributed by atoms with E-state index in [2.05, 4.69) is 10.6 Å². The lowest BCUT2D eigenvalue weighted by molar-refractivity contribution is -0.124. The van der Waals surface area contributed by atoms with E-state index in [0.717, 1.165) is 49.1 Å². The molecule has 23 heavy (non-hydrogen) atoms. The summed E-state index contributed by atoms with van der Waals surface area (Å²) in [4.78, 5) is 12.5. The second-order valence-electron chi connectivity index (χ2n) is 6.79. The topological polar surface area (TPSA) is 54.3 Å². The summed E-state index contributed by atoms with van der Waals surface area (Å²) >= 11 is 0. The van der Waals surface area contributed by atoms with Gasteiger partial charge in [0, 0.05) is 11.3 Å². The maximum atomic E-state index is 12.5. The normalized spacial score (nSPS) is 23.3. The van der Waals surface area contributed by atoms with Crippen LogP contribution in [0.2, 0.25) is 0 Å². The van der Waals surface area contributed by atoms with E-state index in [1.54, 1.807) is 0 Å². The van der Waals surface area contributed by atoms with Crippen LogP contribution in [0.5, 0.6) is 0 Å². The van der Waals surface area contributed by atoms with Gasteiger partial charge in [0.1, 0.15) is 11.3 Å². The van der Waals surface area contributed by atoms with Crippen molar-refractivity contribution in [3.05, 3.63) is 36.1 Å². The maximum absolute atomic E-state index is 12.5. The number of furan rings is 1. The first-order valence-electron chi connectivity index (χ1n) is 8.18. The van der Waals surface area contributed by atoms with Crippen molar-refractivity contribution < 1.29 is 9.21 Å². The second-order valence-corrected chi connectivity index (χ2v) is 6.79. The largest absolute Gasteiger partial charge is 0.459 e. The van der Waals surface area contributed by atoms with Crippen molar-refractivity contribution in [2.24, 2.45) is 11.3 Å². The van der Waals surface area contributed by atoms with Crippen molar-refractivity contribution in [2.75, 3.05) is 13.1 Å². The molecule has 2 unspecified atom stereocenters. The number of benzene rings is 1. The number of hydrogen-bond acceptors (Lipinski definition) is 3. The van der Waals surface area contributed by atoms with E-state index in [1.807, 2.05) is 37.3 Å². The number of rotatable bonds is 3. The predicted octanol–water partition coefficient (Wildman–Crippen LogP) is 3.42. The molecule has 2 N–H and O–H groups in total. The van der Waals surface area contributed by atoms with Crippen molar-refractivity contribution in [1.29, 1.82) is 0 Å². The van der Waals surface area contributed by atoms with E-state index in [1.165, 1.54) is 0 Å². The summed E-state index contributed by atoms with van der Waals surface area (Å²) in [7, 11) is 0. The molecule has 2 fully saturated rings. The first-order valence-corrected chi connectivity index (χ1v) is 8.18.